The number of nitrogens with zero attached hydrogens (tertiary/aromatic N) is 1. The summed E-state index contributed by atoms with van der Waals surface area (Å²) in [6, 6.07) is 11.0. The van der Waals surface area contributed by atoms with Crippen molar-refractivity contribution in [2.75, 3.05) is 0 Å². The van der Waals surface area contributed by atoms with Crippen molar-refractivity contribution in [1.82, 2.24) is 0 Å². The summed E-state index contributed by atoms with van der Waals surface area (Å²) < 4.78 is 0. The molecule has 0 unspecified atom stereocenters. The van der Waals surface area contributed by atoms with E-state index in [0.717, 1.165) is 11.3 Å². The van der Waals surface area contributed by atoms with Crippen LogP contribution in [0.15, 0.2) is 41.4 Å². The van der Waals surface area contributed by atoms with Crippen LogP contribution in [0.3, 0.4) is 0 Å². The minimum atomic E-state index is -0.0122. The lowest BCUT2D eigenvalue weighted by Gasteiger charge is -2.08. The molecule has 1 N–H and O–H groups in total. The standard InChI is InChI=1S/C16H15Cl2NO/c1-10(2)13-5-3-4-6-15(13)19-9-11-7-12(17)8-14(18)16(11)20/h3-10,20H,1-2H3. The molecule has 2 aromatic carbocycles. The van der Waals surface area contributed by atoms with Gasteiger partial charge in [-0.2, -0.15) is 0 Å². The lowest BCUT2D eigenvalue weighted by Crippen LogP contribution is -1.89. The number of para-hydroxylation sites is 1. The van der Waals surface area contributed by atoms with Crippen molar-refractivity contribution in [1.29, 1.82) is 0 Å². The molecule has 0 bridgehead atoms. The van der Waals surface area contributed by atoms with Crippen molar-refractivity contribution in [2.24, 2.45) is 4.99 Å². The molecular formula is C16H15Cl2NO. The van der Waals surface area contributed by atoms with E-state index in [1.807, 2.05) is 24.3 Å². The largest absolute Gasteiger partial charge is 0.506 e. The van der Waals surface area contributed by atoms with Gasteiger partial charge in [-0.3, -0.25) is 4.99 Å². The van der Waals surface area contributed by atoms with Crippen molar-refractivity contribution in [3.63, 3.8) is 0 Å². The molecule has 2 nitrogen and oxygen atoms in total. The third-order valence-electron chi connectivity index (χ3n) is 2.96. The van der Waals surface area contributed by atoms with Crippen LogP contribution in [0.4, 0.5) is 5.69 Å². The fraction of sp³-hybridized carbons (Fsp3) is 0.188. The molecule has 0 spiro atoms. The highest BCUT2D eigenvalue weighted by atomic mass is 35.5. The van der Waals surface area contributed by atoms with E-state index in [-0.39, 0.29) is 10.8 Å². The van der Waals surface area contributed by atoms with Crippen molar-refractivity contribution in [2.45, 2.75) is 19.8 Å². The molecule has 0 saturated carbocycles. The van der Waals surface area contributed by atoms with Crippen molar-refractivity contribution < 1.29 is 5.11 Å². The number of aromatic hydroxyl groups is 1. The van der Waals surface area contributed by atoms with Crippen molar-refractivity contribution >= 4 is 35.1 Å². The second kappa shape index (κ2) is 6.29. The normalized spacial score (nSPS) is 11.4. The van der Waals surface area contributed by atoms with E-state index >= 15 is 0 Å². The van der Waals surface area contributed by atoms with Crippen LogP contribution in [0.2, 0.25) is 10.0 Å². The molecule has 4 heteroatoms. The van der Waals surface area contributed by atoms with E-state index in [2.05, 4.69) is 18.8 Å². The highest BCUT2D eigenvalue weighted by molar-refractivity contribution is 6.36. The molecule has 2 aromatic rings. The van der Waals surface area contributed by atoms with E-state index < -0.39 is 0 Å². The Hall–Kier alpha value is -1.51. The first kappa shape index (κ1) is 14.9. The highest BCUT2D eigenvalue weighted by Gasteiger charge is 2.07. The maximum atomic E-state index is 9.90. The van der Waals surface area contributed by atoms with Crippen molar-refractivity contribution in [3.8, 4) is 5.75 Å². The summed E-state index contributed by atoms with van der Waals surface area (Å²) in [5, 5.41) is 10.6. The SMILES string of the molecule is CC(C)c1ccccc1N=Cc1cc(Cl)cc(Cl)c1O. The Balaban J connectivity index is 2.40. The molecule has 20 heavy (non-hydrogen) atoms. The van der Waals surface area contributed by atoms with Gasteiger partial charge >= 0.3 is 0 Å². The van der Waals surface area contributed by atoms with E-state index in [1.54, 1.807) is 12.3 Å². The molecule has 0 aliphatic rings. The summed E-state index contributed by atoms with van der Waals surface area (Å²) in [5.74, 6) is 0.363. The van der Waals surface area contributed by atoms with E-state index in [9.17, 15) is 5.11 Å². The lowest BCUT2D eigenvalue weighted by molar-refractivity contribution is 0.475. The number of hydrogen-bond acceptors (Lipinski definition) is 2. The van der Waals surface area contributed by atoms with Gasteiger partial charge in [-0.1, -0.05) is 55.2 Å². The van der Waals surface area contributed by atoms with Gasteiger partial charge in [0, 0.05) is 16.8 Å². The number of hydrogen-bond donors (Lipinski definition) is 1. The maximum absolute atomic E-state index is 9.90. The molecular weight excluding hydrogens is 293 g/mol. The van der Waals surface area contributed by atoms with Crippen LogP contribution in [-0.2, 0) is 0 Å². The van der Waals surface area contributed by atoms with Crippen LogP contribution >= 0.6 is 23.2 Å². The zero-order valence-corrected chi connectivity index (χ0v) is 12.8. The quantitative estimate of drug-likeness (QED) is 0.738. The summed E-state index contributed by atoms with van der Waals surface area (Å²) >= 11 is 11.8. The predicted molar refractivity (Wildman–Crippen MR) is 85.9 cm³/mol. The highest BCUT2D eigenvalue weighted by Crippen LogP contribution is 2.31. The molecule has 0 saturated heterocycles. The Morgan fingerprint density at radius 2 is 1.85 bits per heavy atom. The molecule has 0 aliphatic heterocycles. The summed E-state index contributed by atoms with van der Waals surface area (Å²) in [7, 11) is 0. The monoisotopic (exact) mass is 307 g/mol. The average Bonchev–Trinajstić information content (AvgIpc) is 2.41. The molecule has 0 aromatic heterocycles. The number of phenolic OH excluding ortho intramolecular Hbond substituents is 1. The molecule has 0 amide bonds. The van der Waals surface area contributed by atoms with Gasteiger partial charge < -0.3 is 5.11 Å². The third kappa shape index (κ3) is 3.33. The van der Waals surface area contributed by atoms with Crippen molar-refractivity contribution in [3.05, 3.63) is 57.6 Å². The number of benzene rings is 2. The Morgan fingerprint density at radius 3 is 2.55 bits per heavy atom. The van der Waals surface area contributed by atoms with E-state index in [0.29, 0.717) is 16.5 Å². The molecule has 104 valence electrons. The Bertz CT molecular complexity index is 651. The molecule has 2 rings (SSSR count). The number of phenols is 1. The van der Waals surface area contributed by atoms with Crippen LogP contribution in [0, 0.1) is 0 Å². The van der Waals surface area contributed by atoms with Gasteiger partial charge in [-0.15, -0.1) is 0 Å². The first-order valence-electron chi connectivity index (χ1n) is 6.30. The first-order chi connectivity index (χ1) is 9.49. The Kier molecular flexibility index (Phi) is 4.69. The second-order valence-corrected chi connectivity index (χ2v) is 5.64. The van der Waals surface area contributed by atoms with Gasteiger partial charge in [0.05, 0.1) is 10.7 Å². The summed E-state index contributed by atoms with van der Waals surface area (Å²) in [6.07, 6.45) is 1.58. The smallest absolute Gasteiger partial charge is 0.143 e. The van der Waals surface area contributed by atoms with E-state index in [4.69, 9.17) is 23.2 Å². The van der Waals surface area contributed by atoms with E-state index in [1.165, 1.54) is 6.07 Å². The minimum Gasteiger partial charge on any atom is -0.506 e. The molecule has 0 fully saturated rings. The first-order valence-corrected chi connectivity index (χ1v) is 7.05. The predicted octanol–water partition coefficient (Wildman–Crippen LogP) is 5.57. The minimum absolute atomic E-state index is 0.0122. The van der Waals surface area contributed by atoms with Crippen LogP contribution < -0.4 is 0 Å². The zero-order valence-electron chi connectivity index (χ0n) is 11.3. The van der Waals surface area contributed by atoms with Gasteiger partial charge in [0.1, 0.15) is 5.75 Å². The van der Waals surface area contributed by atoms with Gasteiger partial charge in [0.2, 0.25) is 0 Å². The summed E-state index contributed by atoms with van der Waals surface area (Å²) in [6.45, 7) is 4.23. The van der Waals surface area contributed by atoms with Gasteiger partial charge in [-0.25, -0.2) is 0 Å². The van der Waals surface area contributed by atoms with Crippen LogP contribution in [0.25, 0.3) is 0 Å². The Morgan fingerprint density at radius 1 is 1.15 bits per heavy atom. The summed E-state index contributed by atoms with van der Waals surface area (Å²) in [5.41, 5.74) is 2.52. The fourth-order valence-corrected chi connectivity index (χ4v) is 2.43. The topological polar surface area (TPSA) is 32.6 Å². The second-order valence-electron chi connectivity index (χ2n) is 4.80. The molecule has 0 radical (unpaired) electrons. The average molecular weight is 308 g/mol. The number of rotatable bonds is 3. The van der Waals surface area contributed by atoms with Gasteiger partial charge in [-0.05, 0) is 29.7 Å². The van der Waals surface area contributed by atoms with Crippen LogP contribution in [-0.4, -0.2) is 11.3 Å². The van der Waals surface area contributed by atoms with Gasteiger partial charge in [0.25, 0.3) is 0 Å². The van der Waals surface area contributed by atoms with Crippen LogP contribution in [0.1, 0.15) is 30.9 Å². The fourth-order valence-electron chi connectivity index (χ4n) is 1.92. The molecule has 0 atom stereocenters. The molecule has 0 heterocycles. The maximum Gasteiger partial charge on any atom is 0.143 e. The lowest BCUT2D eigenvalue weighted by atomic mass is 10.0. The Labute approximate surface area is 128 Å². The van der Waals surface area contributed by atoms with Gasteiger partial charge in [0.15, 0.2) is 0 Å². The summed E-state index contributed by atoms with van der Waals surface area (Å²) in [4.78, 5) is 4.44. The third-order valence-corrected chi connectivity index (χ3v) is 3.47. The van der Waals surface area contributed by atoms with Crippen LogP contribution in [0.5, 0.6) is 5.75 Å². The number of aliphatic imine (C=N–C) groups is 1. The molecule has 0 aliphatic carbocycles. The number of halogens is 2. The zero-order chi connectivity index (χ0) is 14.7.